The molecule has 130 valence electrons. The first-order valence-corrected chi connectivity index (χ1v) is 8.92. The van der Waals surface area contributed by atoms with Gasteiger partial charge in [0.2, 0.25) is 0 Å². The van der Waals surface area contributed by atoms with Gasteiger partial charge in [-0.05, 0) is 62.9 Å². The molecule has 1 aromatic heterocycles. The number of carbonyl (C=O) groups is 1. The van der Waals surface area contributed by atoms with Crippen molar-refractivity contribution >= 4 is 28.9 Å². The average molecular weight is 355 g/mol. The zero-order valence-corrected chi connectivity index (χ0v) is 15.2. The van der Waals surface area contributed by atoms with Crippen molar-refractivity contribution in [3.63, 3.8) is 0 Å². The first-order valence-electron chi connectivity index (χ1n) is 8.52. The van der Waals surface area contributed by atoms with Crippen LogP contribution in [0.3, 0.4) is 0 Å². The highest BCUT2D eigenvalue weighted by Crippen LogP contribution is 2.44. The van der Waals surface area contributed by atoms with Crippen LogP contribution in [0, 0.1) is 6.92 Å². The van der Waals surface area contributed by atoms with Crippen LogP contribution in [-0.2, 0) is 0 Å². The number of carbonyl (C=O) groups excluding carboxylic acids is 1. The first-order chi connectivity index (χ1) is 12.0. The number of furan rings is 1. The predicted molar refractivity (Wildman–Crippen MR) is 101 cm³/mol. The summed E-state index contributed by atoms with van der Waals surface area (Å²) in [7, 11) is 2.16. The zero-order chi connectivity index (χ0) is 17.6. The zero-order valence-electron chi connectivity index (χ0n) is 14.4. The molecule has 2 aliphatic rings. The van der Waals surface area contributed by atoms with E-state index in [0.717, 1.165) is 25.2 Å². The molecule has 5 nitrogen and oxygen atoms in total. The van der Waals surface area contributed by atoms with E-state index in [9.17, 15) is 4.79 Å². The topological polar surface area (TPSA) is 48.7 Å². The minimum Gasteiger partial charge on any atom is -0.459 e. The van der Waals surface area contributed by atoms with Gasteiger partial charge >= 0.3 is 0 Å². The number of aryl methyl sites for hydroxylation is 1. The summed E-state index contributed by atoms with van der Waals surface area (Å²) in [4.78, 5) is 16.8. The van der Waals surface area contributed by atoms with E-state index in [2.05, 4.69) is 47.3 Å². The maximum atomic E-state index is 12.3. The van der Waals surface area contributed by atoms with Crippen LogP contribution in [0.4, 0.5) is 5.69 Å². The van der Waals surface area contributed by atoms with Gasteiger partial charge in [-0.2, -0.15) is 0 Å². The molecule has 2 aliphatic heterocycles. The molecule has 0 bridgehead atoms. The minimum atomic E-state index is -0.306. The van der Waals surface area contributed by atoms with Crippen LogP contribution in [0.15, 0.2) is 41.0 Å². The molecule has 0 radical (unpaired) electrons. The van der Waals surface area contributed by atoms with Crippen molar-refractivity contribution in [2.75, 3.05) is 25.0 Å². The molecule has 1 fully saturated rings. The molecule has 1 N–H and O–H groups in total. The van der Waals surface area contributed by atoms with Gasteiger partial charge in [-0.15, -0.1) is 0 Å². The lowest BCUT2D eigenvalue weighted by Gasteiger charge is -2.37. The van der Waals surface area contributed by atoms with Crippen molar-refractivity contribution in [2.24, 2.45) is 0 Å². The Hall–Kier alpha value is -2.18. The molecule has 0 saturated carbocycles. The van der Waals surface area contributed by atoms with Crippen LogP contribution >= 0.6 is 12.2 Å². The Bertz CT molecular complexity index is 818. The van der Waals surface area contributed by atoms with Gasteiger partial charge in [-0.25, -0.2) is 0 Å². The number of fused-ring (bicyclic) bond motifs is 3. The molecule has 1 saturated heterocycles. The van der Waals surface area contributed by atoms with Gasteiger partial charge in [0.15, 0.2) is 10.9 Å². The molecule has 0 aliphatic carbocycles. The second-order valence-electron chi connectivity index (χ2n) is 6.89. The lowest BCUT2D eigenvalue weighted by Crippen LogP contribution is -2.51. The third-order valence-corrected chi connectivity index (χ3v) is 5.44. The van der Waals surface area contributed by atoms with E-state index < -0.39 is 0 Å². The quantitative estimate of drug-likeness (QED) is 0.797. The number of likely N-dealkylation sites (N-methyl/N-ethyl adjacent to an activating group) is 1. The second kappa shape index (κ2) is 6.28. The summed E-state index contributed by atoms with van der Waals surface area (Å²) in [5, 5.41) is 3.28. The summed E-state index contributed by atoms with van der Waals surface area (Å²) in [5.41, 5.74) is 3.69. The Morgan fingerprint density at radius 3 is 2.96 bits per heavy atom. The number of thiocarbonyl (C=S) groups is 1. The van der Waals surface area contributed by atoms with Gasteiger partial charge in [0.25, 0.3) is 5.91 Å². The third-order valence-electron chi connectivity index (χ3n) is 5.14. The lowest BCUT2D eigenvalue weighted by atomic mass is 9.89. The number of hydrogen-bond donors (Lipinski definition) is 1. The number of nitrogens with one attached hydrogen (secondary N) is 1. The molecule has 6 heteroatoms. The van der Waals surface area contributed by atoms with E-state index in [0.29, 0.717) is 11.0 Å². The van der Waals surface area contributed by atoms with Crippen LogP contribution in [-0.4, -0.2) is 42.1 Å². The predicted octanol–water partition coefficient (Wildman–Crippen LogP) is 2.91. The highest BCUT2D eigenvalue weighted by Gasteiger charge is 2.43. The summed E-state index contributed by atoms with van der Waals surface area (Å²) in [6.45, 7) is 4.15. The fraction of sp³-hybridized carbons (Fsp3) is 0.368. The highest BCUT2D eigenvalue weighted by atomic mass is 32.1. The Kier molecular flexibility index (Phi) is 4.09. The Labute approximate surface area is 152 Å². The van der Waals surface area contributed by atoms with E-state index in [1.54, 1.807) is 12.1 Å². The van der Waals surface area contributed by atoms with Crippen molar-refractivity contribution in [1.29, 1.82) is 0 Å². The number of hydrogen-bond acceptors (Lipinski definition) is 4. The lowest BCUT2D eigenvalue weighted by molar-refractivity contribution is 0.0950. The van der Waals surface area contributed by atoms with Crippen molar-refractivity contribution < 1.29 is 9.21 Å². The van der Waals surface area contributed by atoms with E-state index in [-0.39, 0.29) is 17.7 Å². The summed E-state index contributed by atoms with van der Waals surface area (Å²) < 4.78 is 5.17. The molecule has 2 atom stereocenters. The number of anilines is 1. The van der Waals surface area contributed by atoms with Crippen LogP contribution in [0.1, 0.15) is 34.0 Å². The maximum absolute atomic E-state index is 12.3. The summed E-state index contributed by atoms with van der Waals surface area (Å²) in [6.07, 6.45) is 2.50. The fourth-order valence-electron chi connectivity index (χ4n) is 3.97. The Balaban J connectivity index is 1.64. The number of amides is 1. The fourth-order valence-corrected chi connectivity index (χ4v) is 4.30. The van der Waals surface area contributed by atoms with E-state index in [4.69, 9.17) is 16.6 Å². The summed E-state index contributed by atoms with van der Waals surface area (Å²) in [6, 6.07) is 10.1. The molecule has 4 rings (SSSR count). The number of nitrogens with zero attached hydrogens (tertiary/aromatic N) is 2. The Morgan fingerprint density at radius 2 is 2.20 bits per heavy atom. The molecule has 1 aromatic carbocycles. The summed E-state index contributed by atoms with van der Waals surface area (Å²) >= 11 is 5.61. The average Bonchev–Trinajstić information content (AvgIpc) is 3.21. The molecule has 0 spiro atoms. The van der Waals surface area contributed by atoms with Gasteiger partial charge in [0.05, 0.1) is 6.26 Å². The van der Waals surface area contributed by atoms with Crippen molar-refractivity contribution in [2.45, 2.75) is 25.3 Å². The smallest absolute Gasteiger partial charge is 0.293 e. The number of benzene rings is 1. The molecule has 0 unspecified atom stereocenters. The van der Waals surface area contributed by atoms with Crippen LogP contribution in [0.2, 0.25) is 0 Å². The van der Waals surface area contributed by atoms with Gasteiger partial charge in [-0.1, -0.05) is 17.7 Å². The van der Waals surface area contributed by atoms with Gasteiger partial charge in [0, 0.05) is 24.2 Å². The summed E-state index contributed by atoms with van der Waals surface area (Å²) in [5.74, 6) is 0.373. The molecule has 25 heavy (non-hydrogen) atoms. The first kappa shape index (κ1) is 16.3. The molecule has 2 aromatic rings. The maximum Gasteiger partial charge on any atom is 0.293 e. The monoisotopic (exact) mass is 355 g/mol. The number of likely N-dealkylation sites (tertiary alicyclic amines) is 1. The molecular weight excluding hydrogens is 334 g/mol. The van der Waals surface area contributed by atoms with Gasteiger partial charge in [0.1, 0.15) is 0 Å². The van der Waals surface area contributed by atoms with Crippen molar-refractivity contribution in [1.82, 2.24) is 10.2 Å². The van der Waals surface area contributed by atoms with Crippen LogP contribution in [0.5, 0.6) is 0 Å². The van der Waals surface area contributed by atoms with Crippen LogP contribution in [0.25, 0.3) is 0 Å². The van der Waals surface area contributed by atoms with Crippen molar-refractivity contribution in [3.05, 3.63) is 53.5 Å². The second-order valence-corrected chi connectivity index (χ2v) is 7.28. The minimum absolute atomic E-state index is 0.269. The van der Waals surface area contributed by atoms with Gasteiger partial charge in [-0.3, -0.25) is 10.1 Å². The van der Waals surface area contributed by atoms with Gasteiger partial charge < -0.3 is 14.2 Å². The normalized spacial score (nSPS) is 22.4. The SMILES string of the molecule is Cc1ccc2c(c1)[C@@H]1CN(C)CC[C@@H]1N2C(=S)NC(=O)c1ccco1. The Morgan fingerprint density at radius 1 is 1.36 bits per heavy atom. The molecule has 3 heterocycles. The molecule has 1 amide bonds. The standard InChI is InChI=1S/C19H21N3O2S/c1-12-5-6-15-13(10-12)14-11-21(2)8-7-16(14)22(15)19(25)20-18(23)17-4-3-9-24-17/h3-6,9-10,14,16H,7-8,11H2,1-2H3,(H,20,23,25)/t14-,16-/m0/s1. The third kappa shape index (κ3) is 2.85. The largest absolute Gasteiger partial charge is 0.459 e. The number of piperidine rings is 1. The highest BCUT2D eigenvalue weighted by molar-refractivity contribution is 7.80. The number of rotatable bonds is 1. The van der Waals surface area contributed by atoms with Crippen LogP contribution < -0.4 is 10.2 Å². The van der Waals surface area contributed by atoms with E-state index in [1.165, 1.54) is 17.4 Å². The molecular formula is C19H21N3O2S. The van der Waals surface area contributed by atoms with E-state index in [1.807, 2.05) is 0 Å². The van der Waals surface area contributed by atoms with Crippen molar-refractivity contribution in [3.8, 4) is 0 Å². The van der Waals surface area contributed by atoms with E-state index >= 15 is 0 Å².